The van der Waals surface area contributed by atoms with E-state index in [1.54, 1.807) is 24.8 Å². The molecule has 0 radical (unpaired) electrons. The number of hydrogen-bond acceptors (Lipinski definition) is 5. The number of aromatic nitrogens is 5. The number of benzene rings is 1. The van der Waals surface area contributed by atoms with Crippen molar-refractivity contribution in [2.24, 2.45) is 0 Å². The zero-order valence-electron chi connectivity index (χ0n) is 16.4. The van der Waals surface area contributed by atoms with Crippen LogP contribution in [-0.4, -0.2) is 31.2 Å². The van der Waals surface area contributed by atoms with Gasteiger partial charge in [-0.25, -0.2) is 13.8 Å². The molecule has 0 saturated carbocycles. The van der Waals surface area contributed by atoms with Gasteiger partial charge in [0.05, 0.1) is 12.3 Å². The molecule has 6 nitrogen and oxygen atoms in total. The molecule has 0 fully saturated rings. The van der Waals surface area contributed by atoms with Crippen molar-refractivity contribution in [2.45, 2.75) is 32.9 Å². The van der Waals surface area contributed by atoms with E-state index in [9.17, 15) is 8.78 Å². The van der Waals surface area contributed by atoms with Gasteiger partial charge in [0.2, 0.25) is 0 Å². The maximum absolute atomic E-state index is 14.5. The highest BCUT2D eigenvalue weighted by Gasteiger charge is 2.20. The maximum Gasteiger partial charge on any atom is 0.171 e. The molecule has 4 aromatic rings. The molecule has 0 saturated heterocycles. The van der Waals surface area contributed by atoms with Crippen LogP contribution in [0.1, 0.15) is 28.2 Å². The van der Waals surface area contributed by atoms with E-state index in [0.29, 0.717) is 36.4 Å². The number of hydrogen-bond donors (Lipinski definition) is 0. The van der Waals surface area contributed by atoms with Crippen LogP contribution in [0.4, 0.5) is 8.78 Å². The summed E-state index contributed by atoms with van der Waals surface area (Å²) in [4.78, 5) is 8.69. The fourth-order valence-corrected chi connectivity index (χ4v) is 4.07. The van der Waals surface area contributed by atoms with E-state index in [4.69, 9.17) is 4.74 Å². The monoisotopic (exact) mass is 407 g/mol. The summed E-state index contributed by atoms with van der Waals surface area (Å²) in [7, 11) is 0. The van der Waals surface area contributed by atoms with Crippen molar-refractivity contribution in [1.82, 2.24) is 24.6 Å². The number of aryl methyl sites for hydroxylation is 1. The molecule has 1 aliphatic heterocycles. The van der Waals surface area contributed by atoms with Crippen molar-refractivity contribution in [3.05, 3.63) is 70.9 Å². The minimum Gasteiger partial charge on any atom is -0.493 e. The van der Waals surface area contributed by atoms with Gasteiger partial charge in [0.1, 0.15) is 30.4 Å². The molecular weight excluding hydrogens is 388 g/mol. The molecule has 4 heterocycles. The highest BCUT2D eigenvalue weighted by molar-refractivity contribution is 5.78. The quantitative estimate of drug-likeness (QED) is 0.503. The Labute approximate surface area is 171 Å². The van der Waals surface area contributed by atoms with Gasteiger partial charge in [-0.05, 0) is 48.2 Å². The molecule has 0 bridgehead atoms. The largest absolute Gasteiger partial charge is 0.493 e. The highest BCUT2D eigenvalue weighted by Crippen LogP contribution is 2.31. The first kappa shape index (κ1) is 18.6. The lowest BCUT2D eigenvalue weighted by Gasteiger charge is -2.12. The van der Waals surface area contributed by atoms with E-state index in [2.05, 4.69) is 20.2 Å². The van der Waals surface area contributed by atoms with Crippen molar-refractivity contribution in [1.29, 1.82) is 0 Å². The number of pyridine rings is 1. The smallest absolute Gasteiger partial charge is 0.171 e. The molecule has 0 aliphatic carbocycles. The van der Waals surface area contributed by atoms with Gasteiger partial charge in [0, 0.05) is 36.4 Å². The zero-order chi connectivity index (χ0) is 20.7. The van der Waals surface area contributed by atoms with Gasteiger partial charge in [-0.2, -0.15) is 0 Å². The van der Waals surface area contributed by atoms with Gasteiger partial charge in [-0.3, -0.25) is 9.38 Å². The first-order valence-corrected chi connectivity index (χ1v) is 9.79. The van der Waals surface area contributed by atoms with Gasteiger partial charge in [0.25, 0.3) is 0 Å². The number of alkyl halides is 1. The van der Waals surface area contributed by atoms with Crippen LogP contribution in [0.5, 0.6) is 5.75 Å². The van der Waals surface area contributed by atoms with Crippen LogP contribution < -0.4 is 4.74 Å². The van der Waals surface area contributed by atoms with Crippen LogP contribution in [0.15, 0.2) is 36.9 Å². The Bertz CT molecular complexity index is 1250. The van der Waals surface area contributed by atoms with Gasteiger partial charge < -0.3 is 4.74 Å². The molecule has 1 aliphatic rings. The molecule has 152 valence electrons. The number of nitrogens with zero attached hydrogens (tertiary/aromatic N) is 5. The summed E-state index contributed by atoms with van der Waals surface area (Å²) in [5.41, 5.74) is 4.96. The molecule has 0 spiro atoms. The Morgan fingerprint density at radius 1 is 1.13 bits per heavy atom. The average Bonchev–Trinajstić information content (AvgIpc) is 3.43. The van der Waals surface area contributed by atoms with Crippen molar-refractivity contribution in [3.8, 4) is 16.9 Å². The van der Waals surface area contributed by atoms with E-state index >= 15 is 0 Å². The average molecular weight is 407 g/mol. The van der Waals surface area contributed by atoms with Gasteiger partial charge in [-0.15, -0.1) is 10.2 Å². The maximum atomic E-state index is 14.5. The molecule has 0 amide bonds. The van der Waals surface area contributed by atoms with Gasteiger partial charge in [0.15, 0.2) is 5.65 Å². The Morgan fingerprint density at radius 2 is 2.03 bits per heavy atom. The minimum absolute atomic E-state index is 0.220. The lowest BCUT2D eigenvalue weighted by Crippen LogP contribution is -2.06. The van der Waals surface area contributed by atoms with E-state index in [0.717, 1.165) is 40.2 Å². The molecule has 5 rings (SSSR count). The fraction of sp³-hybridized carbons (Fsp3) is 0.273. The standard InChI is InChI=1S/C22H19F2N5O/c1-13-14(6-8-25-19(13)10-23)17-11-26-21(29-12-27-28-22(17)29)5-2-15-16-7-9-30-20(16)4-3-18(15)24/h3-4,6,8,11-12H,2,5,7,9-10H2,1H3. The number of halogens is 2. The summed E-state index contributed by atoms with van der Waals surface area (Å²) in [6.07, 6.45) is 6.64. The normalized spacial score (nSPS) is 12.9. The van der Waals surface area contributed by atoms with E-state index in [1.807, 2.05) is 17.4 Å². The first-order valence-electron chi connectivity index (χ1n) is 9.79. The molecule has 1 aromatic carbocycles. The van der Waals surface area contributed by atoms with Gasteiger partial charge >= 0.3 is 0 Å². The third-order valence-electron chi connectivity index (χ3n) is 5.67. The van der Waals surface area contributed by atoms with Crippen molar-refractivity contribution in [2.75, 3.05) is 6.61 Å². The van der Waals surface area contributed by atoms with Crippen LogP contribution >= 0.6 is 0 Å². The second-order valence-electron chi connectivity index (χ2n) is 7.28. The fourth-order valence-electron chi connectivity index (χ4n) is 4.07. The topological polar surface area (TPSA) is 65.2 Å². The van der Waals surface area contributed by atoms with E-state index in [-0.39, 0.29) is 5.82 Å². The molecule has 0 N–H and O–H groups in total. The zero-order valence-corrected chi connectivity index (χ0v) is 16.4. The summed E-state index contributed by atoms with van der Waals surface area (Å²) < 4.78 is 35.1. The number of rotatable bonds is 5. The van der Waals surface area contributed by atoms with Crippen molar-refractivity contribution in [3.63, 3.8) is 0 Å². The third-order valence-corrected chi connectivity index (χ3v) is 5.67. The minimum atomic E-state index is -0.634. The highest BCUT2D eigenvalue weighted by atomic mass is 19.1. The number of fused-ring (bicyclic) bond motifs is 2. The van der Waals surface area contributed by atoms with Crippen LogP contribution in [0, 0.1) is 12.7 Å². The first-order chi connectivity index (χ1) is 14.7. The molecular formula is C22H19F2N5O. The summed E-state index contributed by atoms with van der Waals surface area (Å²) in [5.74, 6) is 1.27. The van der Waals surface area contributed by atoms with Crippen molar-refractivity contribution >= 4 is 5.65 Å². The van der Waals surface area contributed by atoms with Crippen LogP contribution in [0.25, 0.3) is 16.8 Å². The predicted octanol–water partition coefficient (Wildman–Crippen LogP) is 3.82. The molecule has 30 heavy (non-hydrogen) atoms. The number of ether oxygens (including phenoxy) is 1. The molecule has 3 aromatic heterocycles. The molecule has 8 heteroatoms. The Kier molecular flexibility index (Phi) is 4.61. The summed E-state index contributed by atoms with van der Waals surface area (Å²) >= 11 is 0. The lowest BCUT2D eigenvalue weighted by atomic mass is 9.99. The summed E-state index contributed by atoms with van der Waals surface area (Å²) in [6.45, 7) is 1.78. The van der Waals surface area contributed by atoms with E-state index in [1.165, 1.54) is 6.07 Å². The molecule has 0 atom stereocenters. The third kappa shape index (κ3) is 2.99. The Morgan fingerprint density at radius 3 is 2.90 bits per heavy atom. The summed E-state index contributed by atoms with van der Waals surface area (Å²) in [5, 5.41) is 8.29. The predicted molar refractivity (Wildman–Crippen MR) is 107 cm³/mol. The van der Waals surface area contributed by atoms with Crippen LogP contribution in [0.2, 0.25) is 0 Å². The Hall–Kier alpha value is -3.42. The van der Waals surface area contributed by atoms with E-state index < -0.39 is 6.67 Å². The Balaban J connectivity index is 1.51. The second-order valence-corrected chi connectivity index (χ2v) is 7.28. The SMILES string of the molecule is Cc1c(-c2cnc(CCc3c(F)ccc4c3CCO4)n3cnnc23)ccnc1CF. The van der Waals surface area contributed by atoms with Crippen molar-refractivity contribution < 1.29 is 13.5 Å². The van der Waals surface area contributed by atoms with Crippen LogP contribution in [0.3, 0.4) is 0 Å². The van der Waals surface area contributed by atoms with Gasteiger partial charge in [-0.1, -0.05) is 0 Å². The van der Waals surface area contributed by atoms with Crippen LogP contribution in [-0.2, 0) is 25.9 Å². The summed E-state index contributed by atoms with van der Waals surface area (Å²) in [6, 6.07) is 4.97. The lowest BCUT2D eigenvalue weighted by molar-refractivity contribution is 0.356. The molecule has 0 unspecified atom stereocenters. The second kappa shape index (κ2) is 7.44.